The van der Waals surface area contributed by atoms with Crippen molar-refractivity contribution >= 4 is 12.2 Å². The molecule has 1 rings (SSSR count). The van der Waals surface area contributed by atoms with E-state index in [9.17, 15) is 4.79 Å². The summed E-state index contributed by atoms with van der Waals surface area (Å²) in [6, 6.07) is 0. The second kappa shape index (κ2) is 5.91. The van der Waals surface area contributed by atoms with Crippen LogP contribution >= 0.6 is 0 Å². The predicted molar refractivity (Wildman–Crippen MR) is 76.0 cm³/mol. The molecule has 1 N–H and O–H groups in total. The van der Waals surface area contributed by atoms with Crippen molar-refractivity contribution in [3.8, 4) is 0 Å². The fourth-order valence-corrected chi connectivity index (χ4v) is 1.66. The van der Waals surface area contributed by atoms with Crippen LogP contribution in [0.25, 0.3) is 6.08 Å². The smallest absolute Gasteiger partial charge is 0.407 e. The van der Waals surface area contributed by atoms with E-state index in [1.165, 1.54) is 0 Å². The molecule has 5 heteroatoms. The Morgan fingerprint density at radius 2 is 2.05 bits per heavy atom. The van der Waals surface area contributed by atoms with Crippen LogP contribution in [0.3, 0.4) is 0 Å². The maximum absolute atomic E-state index is 11.4. The summed E-state index contributed by atoms with van der Waals surface area (Å²) < 4.78 is 6.98. The standard InChI is InChI=1S/C14H23N3O2/c1-10-12(11(2)17(6)16-10)8-7-9-15-13(18)19-14(3,4)5/h7-8H,9H2,1-6H3,(H,15,18). The van der Waals surface area contributed by atoms with Gasteiger partial charge in [0, 0.05) is 24.8 Å². The van der Waals surface area contributed by atoms with E-state index < -0.39 is 11.7 Å². The maximum atomic E-state index is 11.4. The average Bonchev–Trinajstić information content (AvgIpc) is 2.47. The fraction of sp³-hybridized carbons (Fsp3) is 0.571. The minimum absolute atomic E-state index is 0.406. The average molecular weight is 265 g/mol. The number of nitrogens with zero attached hydrogens (tertiary/aromatic N) is 2. The summed E-state index contributed by atoms with van der Waals surface area (Å²) in [5.41, 5.74) is 2.71. The Bertz CT molecular complexity index is 482. The summed E-state index contributed by atoms with van der Waals surface area (Å²) in [5, 5.41) is 7.01. The van der Waals surface area contributed by atoms with Crippen molar-refractivity contribution in [2.24, 2.45) is 7.05 Å². The molecule has 1 amide bonds. The van der Waals surface area contributed by atoms with Gasteiger partial charge >= 0.3 is 6.09 Å². The van der Waals surface area contributed by atoms with Gasteiger partial charge in [0.2, 0.25) is 0 Å². The van der Waals surface area contributed by atoms with Crippen LogP contribution in [0, 0.1) is 13.8 Å². The quantitative estimate of drug-likeness (QED) is 0.914. The van der Waals surface area contributed by atoms with Crippen LogP contribution in [0.15, 0.2) is 6.08 Å². The third-order valence-electron chi connectivity index (χ3n) is 2.61. The molecular weight excluding hydrogens is 242 g/mol. The van der Waals surface area contributed by atoms with Crippen molar-refractivity contribution < 1.29 is 9.53 Å². The maximum Gasteiger partial charge on any atom is 0.407 e. The molecule has 1 aromatic heterocycles. The second-order valence-corrected chi connectivity index (χ2v) is 5.49. The molecule has 19 heavy (non-hydrogen) atoms. The van der Waals surface area contributed by atoms with Crippen molar-refractivity contribution in [3.05, 3.63) is 23.0 Å². The summed E-state index contributed by atoms with van der Waals surface area (Å²) in [5.74, 6) is 0. The lowest BCUT2D eigenvalue weighted by molar-refractivity contribution is 0.0534. The van der Waals surface area contributed by atoms with Crippen molar-refractivity contribution in [1.82, 2.24) is 15.1 Å². The first-order valence-corrected chi connectivity index (χ1v) is 6.34. The van der Waals surface area contributed by atoms with Crippen molar-refractivity contribution in [3.63, 3.8) is 0 Å². The van der Waals surface area contributed by atoms with Crippen molar-refractivity contribution in [2.75, 3.05) is 6.54 Å². The topological polar surface area (TPSA) is 56.2 Å². The normalized spacial score (nSPS) is 11.9. The summed E-state index contributed by atoms with van der Waals surface area (Å²) in [7, 11) is 1.92. The number of rotatable bonds is 3. The summed E-state index contributed by atoms with van der Waals surface area (Å²) in [4.78, 5) is 11.4. The molecular formula is C14H23N3O2. The summed E-state index contributed by atoms with van der Waals surface area (Å²) in [6.07, 6.45) is 3.45. The monoisotopic (exact) mass is 265 g/mol. The number of hydrogen-bond donors (Lipinski definition) is 1. The van der Waals surface area contributed by atoms with Gasteiger partial charge in [-0.2, -0.15) is 5.10 Å². The van der Waals surface area contributed by atoms with Crippen LogP contribution in [0.1, 0.15) is 37.7 Å². The fourth-order valence-electron chi connectivity index (χ4n) is 1.66. The number of ether oxygens (including phenoxy) is 1. The van der Waals surface area contributed by atoms with Gasteiger partial charge in [0.05, 0.1) is 5.69 Å². The Labute approximate surface area is 114 Å². The molecule has 0 aliphatic heterocycles. The van der Waals surface area contributed by atoms with E-state index >= 15 is 0 Å². The molecule has 0 spiro atoms. The Hall–Kier alpha value is -1.78. The molecule has 0 saturated carbocycles. The Morgan fingerprint density at radius 1 is 1.42 bits per heavy atom. The first-order valence-electron chi connectivity index (χ1n) is 6.34. The Balaban J connectivity index is 2.49. The second-order valence-electron chi connectivity index (χ2n) is 5.49. The number of carbonyl (C=O) groups excluding carboxylic acids is 1. The van der Waals surface area contributed by atoms with Crippen LogP contribution in [-0.4, -0.2) is 28.0 Å². The van der Waals surface area contributed by atoms with Crippen LogP contribution < -0.4 is 5.32 Å². The molecule has 0 unspecified atom stereocenters. The van der Waals surface area contributed by atoms with E-state index in [0.29, 0.717) is 6.54 Å². The minimum atomic E-state index is -0.468. The zero-order valence-electron chi connectivity index (χ0n) is 12.6. The molecule has 1 aromatic rings. The number of amides is 1. The summed E-state index contributed by atoms with van der Waals surface area (Å²) >= 11 is 0. The SMILES string of the molecule is Cc1nn(C)c(C)c1C=CCNC(=O)OC(C)(C)C. The predicted octanol–water partition coefficient (Wildman–Crippen LogP) is 2.57. The van der Waals surface area contributed by atoms with Gasteiger partial charge in [-0.3, -0.25) is 4.68 Å². The first-order chi connectivity index (χ1) is 8.70. The van der Waals surface area contributed by atoms with Gasteiger partial charge in [-0.1, -0.05) is 12.2 Å². The van der Waals surface area contributed by atoms with Gasteiger partial charge in [-0.25, -0.2) is 4.79 Å². The molecule has 0 aliphatic rings. The molecule has 106 valence electrons. The number of alkyl carbamates (subject to hydrolysis) is 1. The third-order valence-corrected chi connectivity index (χ3v) is 2.61. The highest BCUT2D eigenvalue weighted by Crippen LogP contribution is 2.13. The molecule has 0 radical (unpaired) electrons. The van der Waals surface area contributed by atoms with E-state index in [0.717, 1.165) is 17.0 Å². The largest absolute Gasteiger partial charge is 0.444 e. The van der Waals surface area contributed by atoms with E-state index in [-0.39, 0.29) is 0 Å². The lowest BCUT2D eigenvalue weighted by atomic mass is 10.2. The molecule has 0 fully saturated rings. The molecule has 0 atom stereocenters. The zero-order chi connectivity index (χ0) is 14.6. The van der Waals surface area contributed by atoms with Crippen molar-refractivity contribution in [2.45, 2.75) is 40.2 Å². The number of carbonyl (C=O) groups is 1. The highest BCUT2D eigenvalue weighted by molar-refractivity contribution is 5.68. The van der Waals surface area contributed by atoms with Crippen LogP contribution in [-0.2, 0) is 11.8 Å². The van der Waals surface area contributed by atoms with Gasteiger partial charge in [-0.05, 0) is 34.6 Å². The highest BCUT2D eigenvalue weighted by Gasteiger charge is 2.15. The zero-order valence-corrected chi connectivity index (χ0v) is 12.6. The van der Waals surface area contributed by atoms with Crippen LogP contribution in [0.2, 0.25) is 0 Å². The minimum Gasteiger partial charge on any atom is -0.444 e. The number of aromatic nitrogens is 2. The van der Waals surface area contributed by atoms with Gasteiger partial charge in [-0.15, -0.1) is 0 Å². The molecule has 5 nitrogen and oxygen atoms in total. The number of hydrogen-bond acceptors (Lipinski definition) is 3. The third kappa shape index (κ3) is 4.77. The highest BCUT2D eigenvalue weighted by atomic mass is 16.6. The van der Waals surface area contributed by atoms with Crippen LogP contribution in [0.5, 0.6) is 0 Å². The number of aryl methyl sites for hydroxylation is 2. The van der Waals surface area contributed by atoms with Gasteiger partial charge < -0.3 is 10.1 Å². The number of nitrogens with one attached hydrogen (secondary N) is 1. The lowest BCUT2D eigenvalue weighted by Gasteiger charge is -2.19. The Morgan fingerprint density at radius 3 is 2.53 bits per heavy atom. The van der Waals surface area contributed by atoms with E-state index in [4.69, 9.17) is 4.74 Å². The molecule has 0 saturated heterocycles. The Kier molecular flexibility index (Phi) is 4.75. The van der Waals surface area contributed by atoms with Gasteiger partial charge in [0.25, 0.3) is 0 Å². The summed E-state index contributed by atoms with van der Waals surface area (Å²) in [6.45, 7) is 9.93. The van der Waals surface area contributed by atoms with E-state index in [1.807, 2.05) is 58.5 Å². The van der Waals surface area contributed by atoms with Gasteiger partial charge in [0.15, 0.2) is 0 Å². The molecule has 0 aromatic carbocycles. The van der Waals surface area contributed by atoms with Crippen LogP contribution in [0.4, 0.5) is 4.79 Å². The molecule has 0 bridgehead atoms. The lowest BCUT2D eigenvalue weighted by Crippen LogP contribution is -2.32. The first kappa shape index (κ1) is 15.3. The van der Waals surface area contributed by atoms with Gasteiger partial charge in [0.1, 0.15) is 5.60 Å². The molecule has 1 heterocycles. The van der Waals surface area contributed by atoms with E-state index in [1.54, 1.807) is 0 Å². The van der Waals surface area contributed by atoms with E-state index in [2.05, 4.69) is 10.4 Å². The van der Waals surface area contributed by atoms with Crippen molar-refractivity contribution in [1.29, 1.82) is 0 Å². The molecule has 0 aliphatic carbocycles.